The summed E-state index contributed by atoms with van der Waals surface area (Å²) in [4.78, 5) is 5.24. The van der Waals surface area contributed by atoms with Crippen molar-refractivity contribution in [2.45, 2.75) is 0 Å². The highest BCUT2D eigenvalue weighted by Gasteiger charge is 2.25. The van der Waals surface area contributed by atoms with Gasteiger partial charge in [-0.2, -0.15) is 26.3 Å². The highest BCUT2D eigenvalue weighted by atomic mass is 15.1. The van der Waals surface area contributed by atoms with Crippen LogP contribution in [0.5, 0.6) is 0 Å². The summed E-state index contributed by atoms with van der Waals surface area (Å²) in [5, 5.41) is 54.4. The van der Waals surface area contributed by atoms with Gasteiger partial charge in [0.05, 0.1) is 103 Å². The first-order chi connectivity index (χ1) is 41.4. The third-order valence-electron chi connectivity index (χ3n) is 15.9. The molecule has 14 rings (SSSR count). The van der Waals surface area contributed by atoms with E-state index in [4.69, 9.17) is 4.98 Å². The van der Waals surface area contributed by atoms with E-state index < -0.39 is 0 Å². The molecule has 3 heterocycles. The van der Waals surface area contributed by atoms with E-state index in [-0.39, 0.29) is 0 Å². The first kappa shape index (κ1) is 49.9. The van der Waals surface area contributed by atoms with Crippen LogP contribution in [-0.2, 0) is 0 Å². The van der Waals surface area contributed by atoms with Gasteiger partial charge >= 0.3 is 0 Å². The second kappa shape index (κ2) is 20.7. The maximum atomic E-state index is 11.7. The first-order valence-corrected chi connectivity index (χ1v) is 27.3. The molecule has 8 heteroatoms. The van der Waals surface area contributed by atoms with Crippen molar-refractivity contribution < 1.29 is 0 Å². The molecule has 0 spiro atoms. The number of hydrogen-bond acceptors (Lipinski definition) is 6. The zero-order chi connectivity index (χ0) is 56.8. The smallest absolute Gasteiger partial charge is 0.0998 e. The molecule has 0 N–H and O–H groups in total. The third-order valence-corrected chi connectivity index (χ3v) is 15.9. The Hall–Kier alpha value is -12.4. The van der Waals surface area contributed by atoms with Crippen molar-refractivity contribution in [2.75, 3.05) is 0 Å². The van der Waals surface area contributed by atoms with E-state index in [1.807, 2.05) is 140 Å². The molecule has 0 amide bonds. The van der Waals surface area contributed by atoms with E-state index in [1.165, 1.54) is 0 Å². The Kier molecular flexibility index (Phi) is 12.3. The summed E-state index contributed by atoms with van der Waals surface area (Å²) < 4.78 is 4.60. The van der Waals surface area contributed by atoms with Crippen molar-refractivity contribution >= 4 is 43.6 Å². The van der Waals surface area contributed by atoms with Gasteiger partial charge in [-0.15, -0.1) is 0 Å². The summed E-state index contributed by atoms with van der Waals surface area (Å²) in [7, 11) is 0. The van der Waals surface area contributed by atoms with E-state index in [9.17, 15) is 26.3 Å². The normalized spacial score (nSPS) is 11.0. The predicted octanol–water partition coefficient (Wildman–Crippen LogP) is 18.3. The lowest BCUT2D eigenvalue weighted by molar-refractivity contribution is 1.09. The summed E-state index contributed by atoms with van der Waals surface area (Å²) in [6, 6.07) is 96.8. The summed E-state index contributed by atoms with van der Waals surface area (Å²) in [5.74, 6) is 0. The Morgan fingerprint density at radius 1 is 0.250 bits per heavy atom. The number of benzene rings is 11. The number of pyridine rings is 1. The Bertz CT molecular complexity index is 4910. The van der Waals surface area contributed by atoms with Crippen LogP contribution in [0.25, 0.3) is 133 Å². The maximum absolute atomic E-state index is 11.7. The SMILES string of the molecule is N#Cc1ccc(-c2ccc3c(c2)c2cc(-c4ccc(C#N)cc4)ccc2n3-c2cc(C#N)c(-c3cc(-c4ccccc4)nc(-c4ccccc4)c3)cc2-n2c3ccc(-c4ccc(C#N)cc4)cc3c3cc(-c4ccc(C#N)cc4)ccc32)cc1. The fourth-order valence-electron chi connectivity index (χ4n) is 11.7. The van der Waals surface area contributed by atoms with Gasteiger partial charge in [-0.1, -0.05) is 133 Å². The number of nitriles is 5. The number of nitrogens with zero attached hydrogens (tertiary/aromatic N) is 8. The van der Waals surface area contributed by atoms with E-state index in [2.05, 4.69) is 155 Å². The Balaban J connectivity index is 1.10. The number of aromatic nitrogens is 3. The third kappa shape index (κ3) is 8.74. The Labute approximate surface area is 484 Å². The van der Waals surface area contributed by atoms with Crippen LogP contribution in [0, 0.1) is 56.7 Å². The maximum Gasteiger partial charge on any atom is 0.0998 e. The Morgan fingerprint density at radius 2 is 0.548 bits per heavy atom. The zero-order valence-corrected chi connectivity index (χ0v) is 44.8. The van der Waals surface area contributed by atoms with E-state index in [0.717, 1.165) is 133 Å². The average molecular weight is 1070 g/mol. The summed E-state index contributed by atoms with van der Waals surface area (Å²) in [5.41, 5.74) is 20.7. The average Bonchev–Trinajstić information content (AvgIpc) is 2.29. The van der Waals surface area contributed by atoms with Crippen LogP contribution in [0.1, 0.15) is 27.8 Å². The van der Waals surface area contributed by atoms with Gasteiger partial charge in [-0.3, -0.25) is 0 Å². The summed E-state index contributed by atoms with van der Waals surface area (Å²) >= 11 is 0. The van der Waals surface area contributed by atoms with Crippen molar-refractivity contribution in [1.29, 1.82) is 26.3 Å². The van der Waals surface area contributed by atoms with Gasteiger partial charge in [0.15, 0.2) is 0 Å². The van der Waals surface area contributed by atoms with Gasteiger partial charge in [0.2, 0.25) is 0 Å². The predicted molar refractivity (Wildman–Crippen MR) is 335 cm³/mol. The molecular formula is C76H42N8. The van der Waals surface area contributed by atoms with Crippen LogP contribution < -0.4 is 0 Å². The van der Waals surface area contributed by atoms with Crippen molar-refractivity contribution in [3.8, 4) is 120 Å². The minimum atomic E-state index is 0.461. The lowest BCUT2D eigenvalue weighted by atomic mass is 9.95. The zero-order valence-electron chi connectivity index (χ0n) is 44.8. The molecule has 0 fully saturated rings. The fourth-order valence-corrected chi connectivity index (χ4v) is 11.7. The molecule has 14 aromatic rings. The molecule has 0 saturated heterocycles. The summed E-state index contributed by atoms with van der Waals surface area (Å²) in [6.07, 6.45) is 0. The van der Waals surface area contributed by atoms with Crippen LogP contribution in [0.4, 0.5) is 0 Å². The van der Waals surface area contributed by atoms with Crippen LogP contribution in [-0.4, -0.2) is 14.1 Å². The molecule has 8 nitrogen and oxygen atoms in total. The topological polar surface area (TPSA) is 142 Å². The molecule has 0 atom stereocenters. The van der Waals surface area contributed by atoms with Gasteiger partial charge in [0.25, 0.3) is 0 Å². The molecule has 0 aliphatic carbocycles. The standard InChI is InChI=1S/C76H42N8/c77-43-48-11-19-52(20-12-48)58-27-31-71-65(35-58)66-36-59(53-21-13-49(44-78)14-22-53)28-32-72(66)83(71)75-41-63(47-81)64(62-39-69(56-7-3-1-4-8-56)82-70(40-62)57-9-5-2-6-10-57)42-76(75)84-73-33-29-60(54-23-15-50(45-79)16-24-54)37-67(73)68-38-61(30-34-74(68)84)55-25-17-51(46-80)18-26-55/h1-42H. The van der Waals surface area contributed by atoms with Crippen LogP contribution >= 0.6 is 0 Å². The minimum Gasteiger partial charge on any atom is -0.307 e. The molecule has 0 aliphatic rings. The van der Waals surface area contributed by atoms with Crippen molar-refractivity contribution in [2.24, 2.45) is 0 Å². The molecule has 0 saturated carbocycles. The van der Waals surface area contributed by atoms with Gasteiger partial charge in [0.1, 0.15) is 0 Å². The van der Waals surface area contributed by atoms with Crippen LogP contribution in [0.15, 0.2) is 255 Å². The van der Waals surface area contributed by atoms with Gasteiger partial charge in [-0.05, 0) is 171 Å². The van der Waals surface area contributed by atoms with Crippen LogP contribution in [0.3, 0.4) is 0 Å². The molecular weight excluding hydrogens is 1020 g/mol. The monoisotopic (exact) mass is 1070 g/mol. The van der Waals surface area contributed by atoms with Crippen molar-refractivity contribution in [1.82, 2.24) is 14.1 Å². The van der Waals surface area contributed by atoms with Crippen molar-refractivity contribution in [3.05, 3.63) is 283 Å². The lowest BCUT2D eigenvalue weighted by Crippen LogP contribution is -2.06. The second-order valence-corrected chi connectivity index (χ2v) is 20.7. The van der Waals surface area contributed by atoms with E-state index >= 15 is 0 Å². The lowest BCUT2D eigenvalue weighted by Gasteiger charge is -2.20. The molecule has 0 bridgehead atoms. The number of rotatable bonds is 9. The minimum absolute atomic E-state index is 0.461. The molecule has 386 valence electrons. The second-order valence-electron chi connectivity index (χ2n) is 20.7. The molecule has 84 heavy (non-hydrogen) atoms. The highest BCUT2D eigenvalue weighted by molar-refractivity contribution is 6.14. The molecule has 0 unspecified atom stereocenters. The molecule has 0 aliphatic heterocycles. The first-order valence-electron chi connectivity index (χ1n) is 27.3. The number of hydrogen-bond donors (Lipinski definition) is 0. The van der Waals surface area contributed by atoms with Crippen LogP contribution in [0.2, 0.25) is 0 Å². The highest BCUT2D eigenvalue weighted by Crippen LogP contribution is 2.45. The fraction of sp³-hybridized carbons (Fsp3) is 0. The van der Waals surface area contributed by atoms with E-state index in [0.29, 0.717) is 27.8 Å². The van der Waals surface area contributed by atoms with E-state index in [1.54, 1.807) is 0 Å². The van der Waals surface area contributed by atoms with Gasteiger partial charge < -0.3 is 9.13 Å². The molecule has 11 aromatic carbocycles. The largest absolute Gasteiger partial charge is 0.307 e. The van der Waals surface area contributed by atoms with Gasteiger partial charge in [-0.25, -0.2) is 4.98 Å². The summed E-state index contributed by atoms with van der Waals surface area (Å²) in [6.45, 7) is 0. The quantitative estimate of drug-likeness (QED) is 0.141. The Morgan fingerprint density at radius 3 is 0.845 bits per heavy atom. The van der Waals surface area contributed by atoms with Crippen molar-refractivity contribution in [3.63, 3.8) is 0 Å². The number of fused-ring (bicyclic) bond motifs is 6. The molecule has 3 aromatic heterocycles. The molecule has 0 radical (unpaired) electrons. The van der Waals surface area contributed by atoms with Gasteiger partial charge in [0, 0.05) is 38.2 Å².